The fourth-order valence-electron chi connectivity index (χ4n) is 3.48. The molecule has 1 unspecified atom stereocenters. The van der Waals surface area contributed by atoms with Gasteiger partial charge in [0.25, 0.3) is 0 Å². The number of aryl methyl sites for hydroxylation is 1. The summed E-state index contributed by atoms with van der Waals surface area (Å²) in [5.41, 5.74) is 2.87. The predicted octanol–water partition coefficient (Wildman–Crippen LogP) is 3.77. The van der Waals surface area contributed by atoms with Crippen LogP contribution in [0.1, 0.15) is 35.4 Å². The molecular weight excluding hydrogens is 334 g/mol. The third-order valence-electron chi connectivity index (χ3n) is 4.89. The van der Waals surface area contributed by atoms with E-state index >= 15 is 0 Å². The minimum absolute atomic E-state index is 0.0184. The predicted molar refractivity (Wildman–Crippen MR) is 97.8 cm³/mol. The minimum atomic E-state index is -0.599. The Morgan fingerprint density at radius 3 is 2.85 bits per heavy atom. The highest BCUT2D eigenvalue weighted by atomic mass is 19.1. The van der Waals surface area contributed by atoms with E-state index in [2.05, 4.69) is 36.5 Å². The van der Waals surface area contributed by atoms with E-state index in [9.17, 15) is 13.6 Å². The second-order valence-electron chi connectivity index (χ2n) is 6.93. The first-order valence-electron chi connectivity index (χ1n) is 9.02. The zero-order chi connectivity index (χ0) is 18.5. The molecular formula is C21H24F2N2O. The molecule has 1 heterocycles. The van der Waals surface area contributed by atoms with E-state index < -0.39 is 11.6 Å². The van der Waals surface area contributed by atoms with Crippen LogP contribution in [0, 0.1) is 18.6 Å². The van der Waals surface area contributed by atoms with Gasteiger partial charge in [-0.2, -0.15) is 0 Å². The lowest BCUT2D eigenvalue weighted by Crippen LogP contribution is -2.43. The van der Waals surface area contributed by atoms with E-state index in [1.165, 1.54) is 23.3 Å². The minimum Gasteiger partial charge on any atom is -0.341 e. The molecule has 2 aromatic rings. The number of hydrogen-bond donors (Lipinski definition) is 1. The van der Waals surface area contributed by atoms with Crippen LogP contribution in [-0.4, -0.2) is 30.4 Å². The van der Waals surface area contributed by atoms with Crippen molar-refractivity contribution in [3.05, 3.63) is 70.8 Å². The van der Waals surface area contributed by atoms with Gasteiger partial charge in [0.2, 0.25) is 5.91 Å². The van der Waals surface area contributed by atoms with Crippen molar-refractivity contribution < 1.29 is 13.6 Å². The Labute approximate surface area is 153 Å². The van der Waals surface area contributed by atoms with Crippen molar-refractivity contribution in [1.82, 2.24) is 10.2 Å². The SMILES string of the molecule is Cc1cccc(C2CCCN(C(=O)CNCc3ccc(F)cc3F)C2)c1. The van der Waals surface area contributed by atoms with Gasteiger partial charge in [-0.15, -0.1) is 0 Å². The zero-order valence-corrected chi connectivity index (χ0v) is 15.0. The van der Waals surface area contributed by atoms with Gasteiger partial charge in [0.15, 0.2) is 0 Å². The Morgan fingerprint density at radius 1 is 1.23 bits per heavy atom. The molecule has 3 rings (SSSR count). The van der Waals surface area contributed by atoms with E-state index in [1.807, 2.05) is 4.90 Å². The van der Waals surface area contributed by atoms with Crippen molar-refractivity contribution in [3.8, 4) is 0 Å². The maximum absolute atomic E-state index is 13.6. The van der Waals surface area contributed by atoms with Crippen LogP contribution in [0.4, 0.5) is 8.78 Å². The van der Waals surface area contributed by atoms with Crippen LogP contribution in [0.25, 0.3) is 0 Å². The lowest BCUT2D eigenvalue weighted by Gasteiger charge is -2.33. The summed E-state index contributed by atoms with van der Waals surface area (Å²) in [6, 6.07) is 11.9. The largest absolute Gasteiger partial charge is 0.341 e. The van der Waals surface area contributed by atoms with Gasteiger partial charge >= 0.3 is 0 Å². The summed E-state index contributed by atoms with van der Waals surface area (Å²) < 4.78 is 26.5. The summed E-state index contributed by atoms with van der Waals surface area (Å²) in [4.78, 5) is 14.4. The Balaban J connectivity index is 1.52. The summed E-state index contributed by atoms with van der Waals surface area (Å²) in [6.45, 7) is 3.90. The second-order valence-corrected chi connectivity index (χ2v) is 6.93. The molecule has 2 aromatic carbocycles. The Morgan fingerprint density at radius 2 is 2.08 bits per heavy atom. The van der Waals surface area contributed by atoms with Crippen LogP contribution in [-0.2, 0) is 11.3 Å². The van der Waals surface area contributed by atoms with E-state index in [-0.39, 0.29) is 19.0 Å². The second kappa shape index (κ2) is 8.41. The topological polar surface area (TPSA) is 32.3 Å². The standard InChI is InChI=1S/C21H24F2N2O/c1-15-4-2-5-16(10-15)18-6-3-9-25(14-18)21(26)13-24-12-17-7-8-19(22)11-20(17)23/h2,4-5,7-8,10-11,18,24H,3,6,9,12-14H2,1H3. The van der Waals surface area contributed by atoms with Crippen LogP contribution in [0.3, 0.4) is 0 Å². The third-order valence-corrected chi connectivity index (χ3v) is 4.89. The van der Waals surface area contributed by atoms with Crippen LogP contribution >= 0.6 is 0 Å². The lowest BCUT2D eigenvalue weighted by atomic mass is 9.90. The number of amides is 1. The molecule has 1 aliphatic heterocycles. The van der Waals surface area contributed by atoms with Crippen LogP contribution < -0.4 is 5.32 Å². The molecule has 3 nitrogen and oxygen atoms in total. The number of nitrogens with zero attached hydrogens (tertiary/aromatic N) is 1. The molecule has 1 saturated heterocycles. The number of rotatable bonds is 5. The van der Waals surface area contributed by atoms with Crippen LogP contribution in [0.15, 0.2) is 42.5 Å². The van der Waals surface area contributed by atoms with Crippen molar-refractivity contribution in [2.75, 3.05) is 19.6 Å². The molecule has 0 bridgehead atoms. The number of carbonyl (C=O) groups is 1. The number of carbonyl (C=O) groups excluding carboxylic acids is 1. The molecule has 0 radical (unpaired) electrons. The van der Waals surface area contributed by atoms with Crippen molar-refractivity contribution in [1.29, 1.82) is 0 Å². The first kappa shape index (κ1) is 18.5. The fraction of sp³-hybridized carbons (Fsp3) is 0.381. The van der Waals surface area contributed by atoms with Crippen molar-refractivity contribution in [3.63, 3.8) is 0 Å². The van der Waals surface area contributed by atoms with Gasteiger partial charge in [0, 0.05) is 37.2 Å². The average Bonchev–Trinajstić information content (AvgIpc) is 2.63. The van der Waals surface area contributed by atoms with Gasteiger partial charge < -0.3 is 10.2 Å². The molecule has 1 aliphatic rings. The van der Waals surface area contributed by atoms with Crippen molar-refractivity contribution >= 4 is 5.91 Å². The molecule has 1 atom stereocenters. The van der Waals surface area contributed by atoms with Crippen LogP contribution in [0.2, 0.25) is 0 Å². The average molecular weight is 358 g/mol. The smallest absolute Gasteiger partial charge is 0.236 e. The third kappa shape index (κ3) is 4.67. The van der Waals surface area contributed by atoms with E-state index in [4.69, 9.17) is 0 Å². The summed E-state index contributed by atoms with van der Waals surface area (Å²) in [7, 11) is 0. The van der Waals surface area contributed by atoms with Gasteiger partial charge in [-0.1, -0.05) is 35.9 Å². The number of piperidine rings is 1. The normalized spacial score (nSPS) is 17.3. The van der Waals surface area contributed by atoms with Crippen molar-refractivity contribution in [2.45, 2.75) is 32.2 Å². The Bertz CT molecular complexity index is 778. The maximum Gasteiger partial charge on any atom is 0.236 e. The lowest BCUT2D eigenvalue weighted by molar-refractivity contribution is -0.131. The molecule has 1 N–H and O–H groups in total. The van der Waals surface area contributed by atoms with Crippen molar-refractivity contribution in [2.24, 2.45) is 0 Å². The Kier molecular flexibility index (Phi) is 5.99. The highest BCUT2D eigenvalue weighted by molar-refractivity contribution is 5.78. The van der Waals surface area contributed by atoms with Gasteiger partial charge in [0.1, 0.15) is 11.6 Å². The molecule has 1 amide bonds. The Hall–Kier alpha value is -2.27. The highest BCUT2D eigenvalue weighted by Crippen LogP contribution is 2.27. The summed E-state index contributed by atoms with van der Waals surface area (Å²) in [6.07, 6.45) is 2.07. The monoisotopic (exact) mass is 358 g/mol. The molecule has 0 aromatic heterocycles. The van der Waals surface area contributed by atoms with E-state index in [0.717, 1.165) is 32.0 Å². The number of benzene rings is 2. The number of nitrogens with one attached hydrogen (secondary N) is 1. The van der Waals surface area contributed by atoms with E-state index in [1.54, 1.807) is 0 Å². The number of likely N-dealkylation sites (tertiary alicyclic amines) is 1. The maximum atomic E-state index is 13.6. The summed E-state index contributed by atoms with van der Waals surface area (Å²) in [5, 5.41) is 2.97. The molecule has 1 fully saturated rings. The van der Waals surface area contributed by atoms with Gasteiger partial charge in [-0.25, -0.2) is 8.78 Å². The number of hydrogen-bond acceptors (Lipinski definition) is 2. The first-order chi connectivity index (χ1) is 12.5. The van der Waals surface area contributed by atoms with Gasteiger partial charge in [-0.05, 0) is 31.4 Å². The quantitative estimate of drug-likeness (QED) is 0.882. The molecule has 26 heavy (non-hydrogen) atoms. The number of halogens is 2. The van der Waals surface area contributed by atoms with E-state index in [0.29, 0.717) is 11.5 Å². The van der Waals surface area contributed by atoms with Crippen LogP contribution in [0.5, 0.6) is 0 Å². The summed E-state index contributed by atoms with van der Waals surface area (Å²) >= 11 is 0. The molecule has 0 spiro atoms. The first-order valence-corrected chi connectivity index (χ1v) is 9.02. The zero-order valence-electron chi connectivity index (χ0n) is 15.0. The fourth-order valence-corrected chi connectivity index (χ4v) is 3.48. The molecule has 0 saturated carbocycles. The molecule has 5 heteroatoms. The highest BCUT2D eigenvalue weighted by Gasteiger charge is 2.24. The molecule has 138 valence electrons. The van der Waals surface area contributed by atoms with Gasteiger partial charge in [0.05, 0.1) is 6.54 Å². The summed E-state index contributed by atoms with van der Waals surface area (Å²) in [5.74, 6) is -0.813. The molecule has 0 aliphatic carbocycles. The van der Waals surface area contributed by atoms with Gasteiger partial charge in [-0.3, -0.25) is 4.79 Å².